The Morgan fingerprint density at radius 1 is 1.08 bits per heavy atom. The van der Waals surface area contributed by atoms with Crippen molar-refractivity contribution in [3.05, 3.63) is 89.0 Å². The molecule has 1 amide bonds. The maximum Gasteiger partial charge on any atom is 0.221 e. The summed E-state index contributed by atoms with van der Waals surface area (Å²) in [6.45, 7) is 0. The van der Waals surface area contributed by atoms with Crippen LogP contribution < -0.4 is 5.32 Å². The van der Waals surface area contributed by atoms with Gasteiger partial charge in [-0.1, -0.05) is 54.1 Å². The van der Waals surface area contributed by atoms with Crippen molar-refractivity contribution in [1.82, 2.24) is 15.3 Å². The quantitative estimate of drug-likeness (QED) is 0.715. The van der Waals surface area contributed by atoms with Crippen molar-refractivity contribution in [2.24, 2.45) is 0 Å². The van der Waals surface area contributed by atoms with Crippen LogP contribution in [0.5, 0.6) is 0 Å². The van der Waals surface area contributed by atoms with Gasteiger partial charge in [0.25, 0.3) is 0 Å². The smallest absolute Gasteiger partial charge is 0.221 e. The number of carbonyl (C=O) groups excluding carboxylic acids is 1. The van der Waals surface area contributed by atoms with Crippen LogP contribution in [0, 0.1) is 0 Å². The fraction of sp³-hybridized carbons (Fsp3) is 0.158. The number of carbonyl (C=O) groups is 1. The minimum atomic E-state index is -0.197. The second kappa shape index (κ2) is 7.79. The number of hydrogen-bond acceptors (Lipinski definition) is 2. The molecular formula is C19H18ClN3O. The zero-order valence-corrected chi connectivity index (χ0v) is 13.8. The van der Waals surface area contributed by atoms with Crippen molar-refractivity contribution in [2.75, 3.05) is 0 Å². The number of benzene rings is 2. The van der Waals surface area contributed by atoms with Crippen molar-refractivity contribution >= 4 is 17.5 Å². The van der Waals surface area contributed by atoms with E-state index in [4.69, 9.17) is 11.6 Å². The van der Waals surface area contributed by atoms with Gasteiger partial charge in [-0.3, -0.25) is 4.79 Å². The number of nitrogens with one attached hydrogen (secondary N) is 2. The van der Waals surface area contributed by atoms with E-state index in [0.717, 1.165) is 16.8 Å². The molecule has 0 saturated carbocycles. The summed E-state index contributed by atoms with van der Waals surface area (Å²) in [5.74, 6) is -0.00611. The molecule has 0 radical (unpaired) electrons. The number of aromatic nitrogens is 2. The highest BCUT2D eigenvalue weighted by molar-refractivity contribution is 6.30. The van der Waals surface area contributed by atoms with E-state index in [1.165, 1.54) is 0 Å². The van der Waals surface area contributed by atoms with Crippen molar-refractivity contribution in [3.8, 4) is 0 Å². The van der Waals surface area contributed by atoms with Gasteiger partial charge in [-0.25, -0.2) is 4.98 Å². The van der Waals surface area contributed by atoms with E-state index in [2.05, 4.69) is 15.3 Å². The third-order valence-corrected chi connectivity index (χ3v) is 4.07. The second-order valence-corrected chi connectivity index (χ2v) is 5.98. The molecule has 0 aliphatic rings. The maximum absolute atomic E-state index is 12.4. The highest BCUT2D eigenvalue weighted by Gasteiger charge is 2.16. The number of nitrogens with zero attached hydrogens (tertiary/aromatic N) is 1. The van der Waals surface area contributed by atoms with Crippen LogP contribution in [0.4, 0.5) is 0 Å². The van der Waals surface area contributed by atoms with E-state index in [-0.39, 0.29) is 11.9 Å². The van der Waals surface area contributed by atoms with E-state index in [1.54, 1.807) is 12.5 Å². The van der Waals surface area contributed by atoms with E-state index < -0.39 is 0 Å². The topological polar surface area (TPSA) is 57.8 Å². The predicted octanol–water partition coefficient (Wildman–Crippen LogP) is 3.90. The average molecular weight is 340 g/mol. The van der Waals surface area contributed by atoms with Gasteiger partial charge in [0.15, 0.2) is 0 Å². The zero-order valence-electron chi connectivity index (χ0n) is 13.1. The summed E-state index contributed by atoms with van der Waals surface area (Å²) in [5.41, 5.74) is 2.99. The lowest BCUT2D eigenvalue weighted by Gasteiger charge is -2.20. The molecule has 0 unspecified atom stereocenters. The van der Waals surface area contributed by atoms with Crippen LogP contribution in [0.1, 0.15) is 29.3 Å². The average Bonchev–Trinajstić information content (AvgIpc) is 3.13. The molecule has 1 heterocycles. The van der Waals surface area contributed by atoms with Crippen molar-refractivity contribution in [1.29, 1.82) is 0 Å². The SMILES string of the molecule is O=C(CCc1cnc[nH]1)N[C@@H](c1ccccc1)c1ccc(Cl)cc1. The summed E-state index contributed by atoms with van der Waals surface area (Å²) < 4.78 is 0. The van der Waals surface area contributed by atoms with Gasteiger partial charge in [0.05, 0.1) is 12.4 Å². The zero-order chi connectivity index (χ0) is 16.8. The molecule has 24 heavy (non-hydrogen) atoms. The first-order chi connectivity index (χ1) is 11.7. The molecule has 0 aliphatic carbocycles. The van der Waals surface area contributed by atoms with Gasteiger partial charge in [-0.15, -0.1) is 0 Å². The van der Waals surface area contributed by atoms with Crippen LogP contribution in [0.2, 0.25) is 5.02 Å². The molecule has 0 spiro atoms. The first kappa shape index (κ1) is 16.3. The molecule has 3 aromatic rings. The molecule has 0 bridgehead atoms. The summed E-state index contributed by atoms with van der Waals surface area (Å²) in [5, 5.41) is 3.79. The van der Waals surface area contributed by atoms with Crippen LogP contribution >= 0.6 is 11.6 Å². The fourth-order valence-electron chi connectivity index (χ4n) is 2.56. The molecule has 1 aromatic heterocycles. The Bertz CT molecular complexity index is 770. The number of aromatic amines is 1. The van der Waals surface area contributed by atoms with Gasteiger partial charge in [0.1, 0.15) is 0 Å². The van der Waals surface area contributed by atoms with E-state index in [0.29, 0.717) is 17.9 Å². The molecular weight excluding hydrogens is 322 g/mol. The number of imidazole rings is 1. The van der Waals surface area contributed by atoms with Crippen LogP contribution in [-0.4, -0.2) is 15.9 Å². The molecule has 1 atom stereocenters. The van der Waals surface area contributed by atoms with Gasteiger partial charge >= 0.3 is 0 Å². The van der Waals surface area contributed by atoms with Crippen LogP contribution in [0.15, 0.2) is 67.1 Å². The molecule has 0 fully saturated rings. The van der Waals surface area contributed by atoms with Crippen LogP contribution in [0.25, 0.3) is 0 Å². The Morgan fingerprint density at radius 3 is 2.46 bits per heavy atom. The van der Waals surface area contributed by atoms with E-state index >= 15 is 0 Å². The predicted molar refractivity (Wildman–Crippen MR) is 94.8 cm³/mol. The van der Waals surface area contributed by atoms with Gasteiger partial charge < -0.3 is 10.3 Å². The van der Waals surface area contributed by atoms with Crippen molar-refractivity contribution in [2.45, 2.75) is 18.9 Å². The second-order valence-electron chi connectivity index (χ2n) is 5.54. The third kappa shape index (κ3) is 4.24. The minimum Gasteiger partial charge on any atom is -0.348 e. The van der Waals surface area contributed by atoms with Gasteiger partial charge in [-0.05, 0) is 29.7 Å². The largest absolute Gasteiger partial charge is 0.348 e. The van der Waals surface area contributed by atoms with Gasteiger partial charge in [0, 0.05) is 23.3 Å². The molecule has 2 N–H and O–H groups in total. The number of aryl methyl sites for hydroxylation is 1. The van der Waals surface area contributed by atoms with Crippen LogP contribution in [0.3, 0.4) is 0 Å². The molecule has 5 heteroatoms. The first-order valence-corrected chi connectivity index (χ1v) is 8.17. The van der Waals surface area contributed by atoms with Crippen molar-refractivity contribution < 1.29 is 4.79 Å². The minimum absolute atomic E-state index is 0.00611. The maximum atomic E-state index is 12.4. The van der Waals surface area contributed by atoms with E-state index in [9.17, 15) is 4.79 Å². The summed E-state index contributed by atoms with van der Waals surface area (Å²) in [4.78, 5) is 19.4. The highest BCUT2D eigenvalue weighted by Crippen LogP contribution is 2.23. The first-order valence-electron chi connectivity index (χ1n) is 7.79. The van der Waals surface area contributed by atoms with E-state index in [1.807, 2.05) is 54.6 Å². The Balaban J connectivity index is 1.74. The molecule has 0 saturated heterocycles. The fourth-order valence-corrected chi connectivity index (χ4v) is 2.69. The molecule has 122 valence electrons. The van der Waals surface area contributed by atoms with Crippen molar-refractivity contribution in [3.63, 3.8) is 0 Å². The Labute approximate surface area is 145 Å². The number of H-pyrrole nitrogens is 1. The summed E-state index contributed by atoms with van der Waals surface area (Å²) >= 11 is 5.98. The highest BCUT2D eigenvalue weighted by atomic mass is 35.5. The normalized spacial score (nSPS) is 11.9. The lowest BCUT2D eigenvalue weighted by molar-refractivity contribution is -0.121. The number of rotatable bonds is 6. The summed E-state index contributed by atoms with van der Waals surface area (Å²) in [6.07, 6.45) is 4.39. The lowest BCUT2D eigenvalue weighted by Crippen LogP contribution is -2.29. The summed E-state index contributed by atoms with van der Waals surface area (Å²) in [6, 6.07) is 17.3. The Morgan fingerprint density at radius 2 is 1.79 bits per heavy atom. The number of hydrogen-bond donors (Lipinski definition) is 2. The molecule has 2 aromatic carbocycles. The number of amides is 1. The number of halogens is 1. The Hall–Kier alpha value is -2.59. The monoisotopic (exact) mass is 339 g/mol. The van der Waals surface area contributed by atoms with Gasteiger partial charge in [-0.2, -0.15) is 0 Å². The Kier molecular flexibility index (Phi) is 5.29. The standard InChI is InChI=1S/C19H18ClN3O/c20-16-8-6-15(7-9-16)19(14-4-2-1-3-5-14)23-18(24)11-10-17-12-21-13-22-17/h1-9,12-13,19H,10-11H2,(H,21,22)(H,23,24)/t19-/m0/s1. The van der Waals surface area contributed by atoms with Crippen LogP contribution in [-0.2, 0) is 11.2 Å². The molecule has 4 nitrogen and oxygen atoms in total. The molecule has 0 aliphatic heterocycles. The van der Waals surface area contributed by atoms with Gasteiger partial charge in [0.2, 0.25) is 5.91 Å². The molecule has 3 rings (SSSR count). The third-order valence-electron chi connectivity index (χ3n) is 3.82. The lowest BCUT2D eigenvalue weighted by atomic mass is 9.98. The summed E-state index contributed by atoms with van der Waals surface area (Å²) in [7, 11) is 0.